The molecule has 94 valence electrons. The highest BCUT2D eigenvalue weighted by atomic mass is 19.1. The van der Waals surface area contributed by atoms with Crippen LogP contribution in [0.25, 0.3) is 0 Å². The van der Waals surface area contributed by atoms with Crippen molar-refractivity contribution in [1.29, 1.82) is 0 Å². The highest BCUT2D eigenvalue weighted by molar-refractivity contribution is 5.78. The van der Waals surface area contributed by atoms with E-state index in [1.165, 1.54) is 13.0 Å². The normalized spacial score (nSPS) is 14.1. The maximum absolute atomic E-state index is 13.7. The van der Waals surface area contributed by atoms with Crippen molar-refractivity contribution in [3.8, 4) is 5.75 Å². The highest BCUT2D eigenvalue weighted by Crippen LogP contribution is 2.22. The monoisotopic (exact) mass is 240 g/mol. The number of hydrogen-bond acceptors (Lipinski definition) is 3. The van der Waals surface area contributed by atoms with Gasteiger partial charge in [0.05, 0.1) is 0 Å². The first-order chi connectivity index (χ1) is 7.95. The van der Waals surface area contributed by atoms with Crippen molar-refractivity contribution in [3.63, 3.8) is 0 Å². The van der Waals surface area contributed by atoms with Crippen molar-refractivity contribution in [3.05, 3.63) is 29.6 Å². The van der Waals surface area contributed by atoms with Crippen LogP contribution in [-0.4, -0.2) is 19.1 Å². The third-order valence-electron chi connectivity index (χ3n) is 2.58. The van der Waals surface area contributed by atoms with Crippen molar-refractivity contribution in [2.75, 3.05) is 7.05 Å². The van der Waals surface area contributed by atoms with Crippen LogP contribution < -0.4 is 15.8 Å². The lowest BCUT2D eigenvalue weighted by Crippen LogP contribution is -2.30. The molecule has 0 fully saturated rings. The predicted molar refractivity (Wildman–Crippen MR) is 63.2 cm³/mol. The smallest absolute Gasteiger partial charge is 0.258 e. The predicted octanol–water partition coefficient (Wildman–Crippen LogP) is 1.36. The van der Waals surface area contributed by atoms with Crippen LogP contribution in [0.4, 0.5) is 4.39 Å². The molecule has 0 aliphatic heterocycles. The van der Waals surface area contributed by atoms with Gasteiger partial charge in [-0.15, -0.1) is 0 Å². The van der Waals surface area contributed by atoms with Gasteiger partial charge in [-0.05, 0) is 27.0 Å². The Bertz CT molecular complexity index is 409. The SMILES string of the molecule is CNC(C)c1ccc(OC(C)C(N)=O)cc1F. The molecule has 1 rings (SSSR count). The largest absolute Gasteiger partial charge is 0.481 e. The Hall–Kier alpha value is -1.62. The quantitative estimate of drug-likeness (QED) is 0.816. The van der Waals surface area contributed by atoms with Gasteiger partial charge in [-0.25, -0.2) is 4.39 Å². The van der Waals surface area contributed by atoms with Gasteiger partial charge in [0.15, 0.2) is 6.10 Å². The van der Waals surface area contributed by atoms with E-state index in [4.69, 9.17) is 10.5 Å². The van der Waals surface area contributed by atoms with Gasteiger partial charge in [0.25, 0.3) is 5.91 Å². The van der Waals surface area contributed by atoms with Crippen LogP contribution in [0.2, 0.25) is 0 Å². The summed E-state index contributed by atoms with van der Waals surface area (Å²) < 4.78 is 18.9. The molecule has 5 heteroatoms. The number of rotatable bonds is 5. The molecule has 0 aliphatic carbocycles. The highest BCUT2D eigenvalue weighted by Gasteiger charge is 2.13. The molecule has 0 saturated heterocycles. The zero-order chi connectivity index (χ0) is 13.0. The van der Waals surface area contributed by atoms with E-state index in [1.807, 2.05) is 6.92 Å². The van der Waals surface area contributed by atoms with E-state index in [1.54, 1.807) is 19.2 Å². The summed E-state index contributed by atoms with van der Waals surface area (Å²) >= 11 is 0. The van der Waals surface area contributed by atoms with Gasteiger partial charge in [-0.3, -0.25) is 4.79 Å². The van der Waals surface area contributed by atoms with Gasteiger partial charge in [0.1, 0.15) is 11.6 Å². The van der Waals surface area contributed by atoms with Crippen molar-refractivity contribution < 1.29 is 13.9 Å². The zero-order valence-electron chi connectivity index (χ0n) is 10.2. The summed E-state index contributed by atoms with van der Waals surface area (Å²) in [5, 5.41) is 2.95. The molecular formula is C12H17FN2O2. The minimum Gasteiger partial charge on any atom is -0.481 e. The number of carbonyl (C=O) groups excluding carboxylic acids is 1. The van der Waals surface area contributed by atoms with Crippen LogP contribution >= 0.6 is 0 Å². The third kappa shape index (κ3) is 3.42. The van der Waals surface area contributed by atoms with E-state index in [2.05, 4.69) is 5.32 Å². The van der Waals surface area contributed by atoms with Crippen LogP contribution in [0.3, 0.4) is 0 Å². The van der Waals surface area contributed by atoms with E-state index < -0.39 is 12.0 Å². The van der Waals surface area contributed by atoms with Crippen LogP contribution in [0.5, 0.6) is 5.75 Å². The van der Waals surface area contributed by atoms with E-state index >= 15 is 0 Å². The molecule has 1 aromatic carbocycles. The lowest BCUT2D eigenvalue weighted by atomic mass is 10.1. The Kier molecular flexibility index (Phi) is 4.45. The summed E-state index contributed by atoms with van der Waals surface area (Å²) in [7, 11) is 1.75. The lowest BCUT2D eigenvalue weighted by Gasteiger charge is -2.15. The van der Waals surface area contributed by atoms with Crippen LogP contribution in [-0.2, 0) is 4.79 Å². The van der Waals surface area contributed by atoms with Crippen molar-refractivity contribution >= 4 is 5.91 Å². The van der Waals surface area contributed by atoms with Crippen LogP contribution in [0.15, 0.2) is 18.2 Å². The molecular weight excluding hydrogens is 223 g/mol. The Morgan fingerprint density at radius 3 is 2.59 bits per heavy atom. The fourth-order valence-corrected chi connectivity index (χ4v) is 1.35. The summed E-state index contributed by atoms with van der Waals surface area (Å²) in [5.74, 6) is -0.667. The molecule has 1 aromatic rings. The molecule has 0 spiro atoms. The first-order valence-electron chi connectivity index (χ1n) is 5.38. The Morgan fingerprint density at radius 1 is 1.47 bits per heavy atom. The first kappa shape index (κ1) is 13.4. The molecule has 0 aromatic heterocycles. The lowest BCUT2D eigenvalue weighted by molar-refractivity contribution is -0.123. The van der Waals surface area contributed by atoms with E-state index in [0.717, 1.165) is 0 Å². The molecule has 0 bridgehead atoms. The fourth-order valence-electron chi connectivity index (χ4n) is 1.35. The number of ether oxygens (including phenoxy) is 1. The summed E-state index contributed by atoms with van der Waals surface area (Å²) in [4.78, 5) is 10.8. The van der Waals surface area contributed by atoms with E-state index in [0.29, 0.717) is 11.3 Å². The average molecular weight is 240 g/mol. The Balaban J connectivity index is 2.85. The molecule has 0 aliphatic rings. The number of hydrogen-bond donors (Lipinski definition) is 2. The molecule has 3 N–H and O–H groups in total. The van der Waals surface area contributed by atoms with Crippen molar-refractivity contribution in [2.24, 2.45) is 5.73 Å². The third-order valence-corrected chi connectivity index (χ3v) is 2.58. The Morgan fingerprint density at radius 2 is 2.12 bits per heavy atom. The van der Waals surface area contributed by atoms with Gasteiger partial charge in [0.2, 0.25) is 0 Å². The number of nitrogens with one attached hydrogen (secondary N) is 1. The fraction of sp³-hybridized carbons (Fsp3) is 0.417. The number of nitrogens with two attached hydrogens (primary N) is 1. The maximum Gasteiger partial charge on any atom is 0.258 e. The van der Waals surface area contributed by atoms with Crippen LogP contribution in [0.1, 0.15) is 25.5 Å². The molecule has 1 amide bonds. The molecule has 0 heterocycles. The molecule has 0 saturated carbocycles. The van der Waals surface area contributed by atoms with Gasteiger partial charge >= 0.3 is 0 Å². The topological polar surface area (TPSA) is 64.3 Å². The minimum absolute atomic E-state index is 0.0855. The van der Waals surface area contributed by atoms with Gasteiger partial charge in [0, 0.05) is 17.7 Å². The number of benzene rings is 1. The second-order valence-corrected chi connectivity index (χ2v) is 3.86. The Labute approximate surface area is 100.0 Å². The van der Waals surface area contributed by atoms with Crippen molar-refractivity contribution in [1.82, 2.24) is 5.32 Å². The second kappa shape index (κ2) is 5.63. The van der Waals surface area contributed by atoms with Crippen LogP contribution in [0, 0.1) is 5.82 Å². The number of amides is 1. The zero-order valence-corrected chi connectivity index (χ0v) is 10.2. The van der Waals surface area contributed by atoms with Gasteiger partial charge < -0.3 is 15.8 Å². The molecule has 4 nitrogen and oxygen atoms in total. The molecule has 2 unspecified atom stereocenters. The standard InChI is InChI=1S/C12H17FN2O2/c1-7(15-3)10-5-4-9(6-11(10)13)17-8(2)12(14)16/h4-8,15H,1-3H3,(H2,14,16). The summed E-state index contributed by atoms with van der Waals surface area (Å²) in [6, 6.07) is 4.41. The molecule has 2 atom stereocenters. The molecule has 17 heavy (non-hydrogen) atoms. The minimum atomic E-state index is -0.776. The summed E-state index contributed by atoms with van der Waals surface area (Å²) in [5.41, 5.74) is 5.60. The number of halogens is 1. The number of carbonyl (C=O) groups is 1. The first-order valence-corrected chi connectivity index (χ1v) is 5.38. The average Bonchev–Trinajstić information content (AvgIpc) is 2.28. The summed E-state index contributed by atoms with van der Waals surface area (Å²) in [6.45, 7) is 3.37. The van der Waals surface area contributed by atoms with E-state index in [9.17, 15) is 9.18 Å². The maximum atomic E-state index is 13.7. The van der Waals surface area contributed by atoms with Gasteiger partial charge in [-0.2, -0.15) is 0 Å². The van der Waals surface area contributed by atoms with Gasteiger partial charge in [-0.1, -0.05) is 6.07 Å². The van der Waals surface area contributed by atoms with Crippen molar-refractivity contribution in [2.45, 2.75) is 26.0 Å². The molecule has 0 radical (unpaired) electrons. The van der Waals surface area contributed by atoms with E-state index in [-0.39, 0.29) is 11.9 Å². The number of primary amides is 1. The summed E-state index contributed by atoms with van der Waals surface area (Å²) in [6.07, 6.45) is -0.776. The second-order valence-electron chi connectivity index (χ2n) is 3.86.